The number of methoxy groups -OCH3 is 1. The molecule has 0 atom stereocenters. The molecule has 1 N–H and O–H groups in total. The van der Waals surface area contributed by atoms with E-state index in [9.17, 15) is 13.2 Å². The van der Waals surface area contributed by atoms with Crippen molar-refractivity contribution in [3.63, 3.8) is 0 Å². The summed E-state index contributed by atoms with van der Waals surface area (Å²) in [7, 11) is -2.16. The monoisotopic (exact) mass is 471 g/mol. The number of carbonyl (C=O) groups is 1. The van der Waals surface area contributed by atoms with Crippen molar-refractivity contribution >= 4 is 33.0 Å². The van der Waals surface area contributed by atoms with Gasteiger partial charge in [-0.05, 0) is 41.3 Å². The summed E-state index contributed by atoms with van der Waals surface area (Å²) >= 11 is 1.14. The van der Waals surface area contributed by atoms with Crippen molar-refractivity contribution in [3.05, 3.63) is 76.5 Å². The predicted molar refractivity (Wildman–Crippen MR) is 126 cm³/mol. The maximum atomic E-state index is 13.3. The van der Waals surface area contributed by atoms with Gasteiger partial charge in [-0.3, -0.25) is 4.79 Å². The Bertz CT molecular complexity index is 1150. The molecule has 1 saturated heterocycles. The van der Waals surface area contributed by atoms with Gasteiger partial charge in [0.05, 0.1) is 7.11 Å². The average molecular weight is 472 g/mol. The van der Waals surface area contributed by atoms with E-state index in [1.807, 2.05) is 54.6 Å². The topological polar surface area (TPSA) is 78.9 Å². The second-order valence-electron chi connectivity index (χ2n) is 7.37. The summed E-state index contributed by atoms with van der Waals surface area (Å²) in [6.07, 6.45) is 0. The Kier molecular flexibility index (Phi) is 6.78. The summed E-state index contributed by atoms with van der Waals surface area (Å²) in [5.74, 6) is 0.344. The van der Waals surface area contributed by atoms with E-state index in [4.69, 9.17) is 4.74 Å². The van der Waals surface area contributed by atoms with Crippen LogP contribution in [0.15, 0.2) is 70.9 Å². The second-order valence-corrected chi connectivity index (χ2v) is 10.2. The Balaban J connectivity index is 1.41. The number of nitrogens with zero attached hydrogens (tertiary/aromatic N) is 2. The fourth-order valence-electron chi connectivity index (χ4n) is 3.64. The third-order valence-corrected chi connectivity index (χ3v) is 8.41. The lowest BCUT2D eigenvalue weighted by Crippen LogP contribution is -2.48. The van der Waals surface area contributed by atoms with Gasteiger partial charge < -0.3 is 15.0 Å². The van der Waals surface area contributed by atoms with Crippen LogP contribution >= 0.6 is 11.3 Å². The second kappa shape index (κ2) is 9.72. The number of para-hydroxylation sites is 1. The molecular formula is C23H25N3O4S2. The third-order valence-electron chi connectivity index (χ3n) is 5.43. The number of anilines is 1. The number of rotatable bonds is 7. The lowest BCUT2D eigenvalue weighted by molar-refractivity contribution is 0.0952. The highest BCUT2D eigenvalue weighted by atomic mass is 32.2. The van der Waals surface area contributed by atoms with E-state index in [1.54, 1.807) is 12.5 Å². The Labute approximate surface area is 192 Å². The number of piperazine rings is 1. The first-order valence-electron chi connectivity index (χ1n) is 10.3. The van der Waals surface area contributed by atoms with Gasteiger partial charge in [-0.2, -0.15) is 4.31 Å². The smallest absolute Gasteiger partial charge is 0.263 e. The number of benzene rings is 2. The van der Waals surface area contributed by atoms with Crippen LogP contribution < -0.4 is 15.0 Å². The number of amides is 1. The van der Waals surface area contributed by atoms with Crippen LogP contribution in [0.3, 0.4) is 0 Å². The SMILES string of the molecule is COc1ccc(CNC(=O)c2sccc2S(=O)(=O)N2CCN(c3ccccc3)CC2)cc1. The largest absolute Gasteiger partial charge is 0.497 e. The van der Waals surface area contributed by atoms with Gasteiger partial charge in [-0.15, -0.1) is 11.3 Å². The quantitative estimate of drug-likeness (QED) is 0.573. The maximum absolute atomic E-state index is 13.3. The molecule has 0 unspecified atom stereocenters. The first-order valence-corrected chi connectivity index (χ1v) is 12.6. The molecule has 0 bridgehead atoms. The molecule has 4 rings (SSSR count). The zero-order valence-corrected chi connectivity index (χ0v) is 19.4. The van der Waals surface area contributed by atoms with E-state index in [-0.39, 0.29) is 9.77 Å². The number of carbonyl (C=O) groups excluding carboxylic acids is 1. The molecule has 2 aromatic carbocycles. The first-order chi connectivity index (χ1) is 15.5. The summed E-state index contributed by atoms with van der Waals surface area (Å²) in [6, 6.07) is 18.8. The molecular weight excluding hydrogens is 446 g/mol. The molecule has 3 aromatic rings. The number of nitrogens with one attached hydrogen (secondary N) is 1. The van der Waals surface area contributed by atoms with Crippen LogP contribution in [0.2, 0.25) is 0 Å². The summed E-state index contributed by atoms with van der Waals surface area (Å²) in [6.45, 7) is 2.26. The van der Waals surface area contributed by atoms with Crippen molar-refractivity contribution in [3.8, 4) is 5.75 Å². The predicted octanol–water partition coefficient (Wildman–Crippen LogP) is 3.20. The van der Waals surface area contributed by atoms with Crippen molar-refractivity contribution in [2.45, 2.75) is 11.4 Å². The first kappa shape index (κ1) is 22.3. The van der Waals surface area contributed by atoms with Gasteiger partial charge in [0.1, 0.15) is 15.5 Å². The van der Waals surface area contributed by atoms with Crippen molar-refractivity contribution in [2.24, 2.45) is 0 Å². The van der Waals surface area contributed by atoms with E-state index in [0.29, 0.717) is 32.7 Å². The van der Waals surface area contributed by atoms with E-state index < -0.39 is 15.9 Å². The molecule has 0 saturated carbocycles. The standard InChI is InChI=1S/C23H25N3O4S2/c1-30-20-9-7-18(8-10-20)17-24-23(27)22-21(11-16-31-22)32(28,29)26-14-12-25(13-15-26)19-5-3-2-4-6-19/h2-11,16H,12-15,17H2,1H3,(H,24,27). The normalized spacial score (nSPS) is 14.8. The Morgan fingerprint density at radius 3 is 2.34 bits per heavy atom. The van der Waals surface area contributed by atoms with Crippen LogP contribution in [0.4, 0.5) is 5.69 Å². The molecule has 0 spiro atoms. The minimum absolute atomic E-state index is 0.0721. The Hall–Kier alpha value is -2.88. The van der Waals surface area contributed by atoms with Crippen molar-refractivity contribution in [1.82, 2.24) is 9.62 Å². The van der Waals surface area contributed by atoms with Gasteiger partial charge in [-0.25, -0.2) is 8.42 Å². The highest BCUT2D eigenvalue weighted by molar-refractivity contribution is 7.89. The Morgan fingerprint density at radius 2 is 1.69 bits per heavy atom. The van der Waals surface area contributed by atoms with E-state index >= 15 is 0 Å². The molecule has 168 valence electrons. The van der Waals surface area contributed by atoms with Gasteiger partial charge >= 0.3 is 0 Å². The number of ether oxygens (including phenoxy) is 1. The van der Waals surface area contributed by atoms with Crippen molar-refractivity contribution in [1.29, 1.82) is 0 Å². The van der Waals surface area contributed by atoms with Gasteiger partial charge in [-0.1, -0.05) is 30.3 Å². The van der Waals surface area contributed by atoms with Gasteiger partial charge in [0.25, 0.3) is 5.91 Å². The molecule has 1 aromatic heterocycles. The number of sulfonamides is 1. The third kappa shape index (κ3) is 4.79. The zero-order valence-electron chi connectivity index (χ0n) is 17.7. The molecule has 1 aliphatic heterocycles. The average Bonchev–Trinajstić information content (AvgIpc) is 3.35. The minimum atomic E-state index is -3.75. The van der Waals surface area contributed by atoms with Crippen LogP contribution in [0.1, 0.15) is 15.2 Å². The molecule has 1 aliphatic rings. The molecule has 1 amide bonds. The van der Waals surface area contributed by atoms with Crippen LogP contribution in [0, 0.1) is 0 Å². The molecule has 9 heteroatoms. The molecule has 2 heterocycles. The lowest BCUT2D eigenvalue weighted by Gasteiger charge is -2.35. The molecule has 32 heavy (non-hydrogen) atoms. The van der Waals surface area contributed by atoms with E-state index in [2.05, 4.69) is 10.2 Å². The van der Waals surface area contributed by atoms with Gasteiger partial charge in [0.2, 0.25) is 10.0 Å². The highest BCUT2D eigenvalue weighted by Crippen LogP contribution is 2.27. The summed E-state index contributed by atoms with van der Waals surface area (Å²) < 4.78 is 33.2. The number of hydrogen-bond acceptors (Lipinski definition) is 6. The fourth-order valence-corrected chi connectivity index (χ4v) is 6.38. The highest BCUT2D eigenvalue weighted by Gasteiger charge is 2.32. The van der Waals surface area contributed by atoms with Crippen molar-refractivity contribution < 1.29 is 17.9 Å². The summed E-state index contributed by atoms with van der Waals surface area (Å²) in [5, 5.41) is 4.47. The zero-order chi connectivity index (χ0) is 22.6. The summed E-state index contributed by atoms with van der Waals surface area (Å²) in [5.41, 5.74) is 1.98. The van der Waals surface area contributed by atoms with Gasteiger partial charge in [0.15, 0.2) is 0 Å². The minimum Gasteiger partial charge on any atom is -0.497 e. The van der Waals surface area contributed by atoms with E-state index in [0.717, 1.165) is 28.3 Å². The molecule has 1 fully saturated rings. The summed E-state index contributed by atoms with van der Waals surface area (Å²) in [4.78, 5) is 15.2. The van der Waals surface area contributed by atoms with Gasteiger partial charge in [0, 0.05) is 38.4 Å². The Morgan fingerprint density at radius 1 is 1.00 bits per heavy atom. The maximum Gasteiger partial charge on any atom is 0.263 e. The van der Waals surface area contributed by atoms with Crippen LogP contribution in [0.25, 0.3) is 0 Å². The van der Waals surface area contributed by atoms with Crippen LogP contribution in [0.5, 0.6) is 5.75 Å². The molecule has 0 radical (unpaired) electrons. The van der Waals surface area contributed by atoms with Crippen molar-refractivity contribution in [2.75, 3.05) is 38.2 Å². The van der Waals surface area contributed by atoms with Crippen LogP contribution in [-0.2, 0) is 16.6 Å². The fraction of sp³-hybridized carbons (Fsp3) is 0.261. The lowest BCUT2D eigenvalue weighted by atomic mass is 10.2. The number of thiophene rings is 1. The van der Waals surface area contributed by atoms with E-state index in [1.165, 1.54) is 10.4 Å². The van der Waals surface area contributed by atoms with Crippen LogP contribution in [-0.4, -0.2) is 51.9 Å². The molecule has 0 aliphatic carbocycles. The molecule has 7 nitrogen and oxygen atoms in total. The number of hydrogen-bond donors (Lipinski definition) is 1.